The van der Waals surface area contributed by atoms with E-state index in [4.69, 9.17) is 5.11 Å². The van der Waals surface area contributed by atoms with E-state index in [1.54, 1.807) is 6.20 Å². The van der Waals surface area contributed by atoms with Crippen LogP contribution in [0.15, 0.2) is 6.20 Å². The Morgan fingerprint density at radius 3 is 2.76 bits per heavy atom. The molecule has 0 aliphatic rings. The lowest BCUT2D eigenvalue weighted by Crippen LogP contribution is -2.46. The lowest BCUT2D eigenvalue weighted by atomic mass is 10.1. The number of aliphatic carboxylic acids is 1. The van der Waals surface area contributed by atoms with E-state index < -0.39 is 18.0 Å². The average molecular weight is 296 g/mol. The Kier molecular flexibility index (Phi) is 7.28. The summed E-state index contributed by atoms with van der Waals surface area (Å²) in [4.78, 5) is 22.7. The van der Waals surface area contributed by atoms with Crippen molar-refractivity contribution < 1.29 is 14.7 Å². The van der Waals surface area contributed by atoms with Crippen LogP contribution in [0.4, 0.5) is 4.79 Å². The summed E-state index contributed by atoms with van der Waals surface area (Å²) in [7, 11) is 0. The van der Waals surface area contributed by atoms with Crippen LogP contribution in [0.3, 0.4) is 0 Å². The number of aryl methyl sites for hydroxylation is 2. The predicted octanol–water partition coefficient (Wildman–Crippen LogP) is 1.59. The first kappa shape index (κ1) is 17.0. The van der Waals surface area contributed by atoms with Gasteiger partial charge in [-0.15, -0.1) is 0 Å². The fourth-order valence-corrected chi connectivity index (χ4v) is 1.98. The van der Waals surface area contributed by atoms with Crippen molar-refractivity contribution in [1.29, 1.82) is 0 Å². The molecule has 0 radical (unpaired) electrons. The molecule has 1 unspecified atom stereocenters. The number of urea groups is 1. The summed E-state index contributed by atoms with van der Waals surface area (Å²) in [5.74, 6) is -0.993. The van der Waals surface area contributed by atoms with Gasteiger partial charge in [-0.25, -0.2) is 9.59 Å². The Bertz CT molecular complexity index is 459. The molecule has 118 valence electrons. The van der Waals surface area contributed by atoms with Crippen LogP contribution in [-0.4, -0.2) is 39.9 Å². The normalized spacial score (nSPS) is 11.9. The van der Waals surface area contributed by atoms with Crippen LogP contribution in [-0.2, 0) is 11.2 Å². The number of hydrogen-bond acceptors (Lipinski definition) is 3. The lowest BCUT2D eigenvalue weighted by molar-refractivity contribution is -0.139. The number of carbonyl (C=O) groups is 2. The van der Waals surface area contributed by atoms with Gasteiger partial charge >= 0.3 is 12.0 Å². The third kappa shape index (κ3) is 6.29. The minimum Gasteiger partial charge on any atom is -0.480 e. The minimum atomic E-state index is -0.993. The standard InChI is InChI=1S/C14H24N4O3/c1-3-4-7-12(13(19)20)17-14(21)15-8-5-6-11-9-16-18-10(11)2/h9,12H,3-8H2,1-2H3,(H,16,18)(H,19,20)(H2,15,17,21). The zero-order valence-electron chi connectivity index (χ0n) is 12.6. The van der Waals surface area contributed by atoms with E-state index in [0.717, 1.165) is 36.9 Å². The van der Waals surface area contributed by atoms with E-state index in [1.807, 2.05) is 13.8 Å². The van der Waals surface area contributed by atoms with Crippen molar-refractivity contribution in [3.8, 4) is 0 Å². The number of rotatable bonds is 9. The largest absolute Gasteiger partial charge is 0.480 e. The second kappa shape index (κ2) is 8.99. The van der Waals surface area contributed by atoms with Gasteiger partial charge in [0.1, 0.15) is 6.04 Å². The SMILES string of the molecule is CCCCC(NC(=O)NCCCc1cn[nH]c1C)C(=O)O. The van der Waals surface area contributed by atoms with E-state index in [0.29, 0.717) is 13.0 Å². The number of aromatic amines is 1. The molecule has 7 heteroatoms. The van der Waals surface area contributed by atoms with E-state index in [1.165, 1.54) is 0 Å². The van der Waals surface area contributed by atoms with Crippen LogP contribution in [0, 0.1) is 6.92 Å². The van der Waals surface area contributed by atoms with Gasteiger partial charge < -0.3 is 15.7 Å². The van der Waals surface area contributed by atoms with Gasteiger partial charge in [-0.2, -0.15) is 5.10 Å². The third-order valence-electron chi connectivity index (χ3n) is 3.29. The van der Waals surface area contributed by atoms with Gasteiger partial charge in [0.2, 0.25) is 0 Å². The fourth-order valence-electron chi connectivity index (χ4n) is 1.98. The summed E-state index contributed by atoms with van der Waals surface area (Å²) in [5, 5.41) is 21.0. The first-order chi connectivity index (χ1) is 10.0. The molecule has 7 nitrogen and oxygen atoms in total. The Hall–Kier alpha value is -2.05. The first-order valence-corrected chi connectivity index (χ1v) is 7.30. The van der Waals surface area contributed by atoms with Crippen LogP contribution >= 0.6 is 0 Å². The summed E-state index contributed by atoms with van der Waals surface area (Å²) >= 11 is 0. The number of carboxylic acid groups (broad SMARTS) is 1. The van der Waals surface area contributed by atoms with Crippen LogP contribution in [0.1, 0.15) is 43.9 Å². The molecule has 1 aromatic rings. The van der Waals surface area contributed by atoms with Crippen molar-refractivity contribution in [2.75, 3.05) is 6.54 Å². The minimum absolute atomic E-state index is 0.428. The average Bonchev–Trinajstić information content (AvgIpc) is 2.84. The van der Waals surface area contributed by atoms with Gasteiger partial charge in [-0.3, -0.25) is 5.10 Å². The fraction of sp³-hybridized carbons (Fsp3) is 0.643. The zero-order chi connectivity index (χ0) is 15.7. The van der Waals surface area contributed by atoms with Crippen LogP contribution < -0.4 is 10.6 Å². The van der Waals surface area contributed by atoms with Gasteiger partial charge in [0.25, 0.3) is 0 Å². The van der Waals surface area contributed by atoms with Crippen molar-refractivity contribution in [1.82, 2.24) is 20.8 Å². The number of H-pyrrole nitrogens is 1. The van der Waals surface area contributed by atoms with Gasteiger partial charge in [0, 0.05) is 12.2 Å². The highest BCUT2D eigenvalue weighted by Crippen LogP contribution is 2.05. The highest BCUT2D eigenvalue weighted by Gasteiger charge is 2.18. The van der Waals surface area contributed by atoms with Gasteiger partial charge in [0.05, 0.1) is 6.20 Å². The first-order valence-electron chi connectivity index (χ1n) is 7.30. The molecular formula is C14H24N4O3. The van der Waals surface area contributed by atoms with Crippen LogP contribution in [0.25, 0.3) is 0 Å². The maximum absolute atomic E-state index is 11.6. The molecule has 1 atom stereocenters. The summed E-state index contributed by atoms with van der Waals surface area (Å²) < 4.78 is 0. The molecule has 1 aromatic heterocycles. The molecule has 0 aliphatic heterocycles. The molecule has 0 saturated heterocycles. The van der Waals surface area contributed by atoms with Gasteiger partial charge in [-0.05, 0) is 31.7 Å². The highest BCUT2D eigenvalue weighted by molar-refractivity contribution is 5.82. The van der Waals surface area contributed by atoms with Crippen molar-refractivity contribution >= 4 is 12.0 Å². The van der Waals surface area contributed by atoms with E-state index in [-0.39, 0.29) is 0 Å². The Labute approximate surface area is 124 Å². The molecule has 1 heterocycles. The number of carbonyl (C=O) groups excluding carboxylic acids is 1. The second-order valence-corrected chi connectivity index (χ2v) is 5.06. The Morgan fingerprint density at radius 2 is 2.19 bits per heavy atom. The number of hydrogen-bond donors (Lipinski definition) is 4. The number of unbranched alkanes of at least 4 members (excludes halogenated alkanes) is 1. The summed E-state index contributed by atoms with van der Waals surface area (Å²) in [6.45, 7) is 4.43. The maximum Gasteiger partial charge on any atom is 0.326 e. The molecule has 1 rings (SSSR count). The summed E-state index contributed by atoms with van der Waals surface area (Å²) in [6, 6.07) is -1.25. The molecule has 0 aliphatic carbocycles. The number of nitrogens with one attached hydrogen (secondary N) is 3. The second-order valence-electron chi connectivity index (χ2n) is 5.06. The van der Waals surface area contributed by atoms with Crippen molar-refractivity contribution in [3.63, 3.8) is 0 Å². The van der Waals surface area contributed by atoms with Gasteiger partial charge in [0.15, 0.2) is 0 Å². The number of nitrogens with zero attached hydrogens (tertiary/aromatic N) is 1. The quantitative estimate of drug-likeness (QED) is 0.519. The molecule has 0 fully saturated rings. The van der Waals surface area contributed by atoms with E-state index >= 15 is 0 Å². The number of aromatic nitrogens is 2. The molecule has 21 heavy (non-hydrogen) atoms. The molecule has 0 saturated carbocycles. The molecular weight excluding hydrogens is 272 g/mol. The van der Waals surface area contributed by atoms with E-state index in [2.05, 4.69) is 20.8 Å². The van der Waals surface area contributed by atoms with Crippen molar-refractivity contribution in [3.05, 3.63) is 17.5 Å². The molecule has 0 aromatic carbocycles. The maximum atomic E-state index is 11.6. The number of carboxylic acids is 1. The monoisotopic (exact) mass is 296 g/mol. The molecule has 4 N–H and O–H groups in total. The zero-order valence-corrected chi connectivity index (χ0v) is 12.6. The molecule has 0 spiro atoms. The third-order valence-corrected chi connectivity index (χ3v) is 3.29. The number of amides is 2. The van der Waals surface area contributed by atoms with Crippen LogP contribution in [0.5, 0.6) is 0 Å². The lowest BCUT2D eigenvalue weighted by Gasteiger charge is -2.14. The molecule has 2 amide bonds. The van der Waals surface area contributed by atoms with Crippen molar-refractivity contribution in [2.24, 2.45) is 0 Å². The van der Waals surface area contributed by atoms with Gasteiger partial charge in [-0.1, -0.05) is 19.8 Å². The highest BCUT2D eigenvalue weighted by atomic mass is 16.4. The molecule has 0 bridgehead atoms. The summed E-state index contributed by atoms with van der Waals surface area (Å²) in [6.07, 6.45) is 5.50. The summed E-state index contributed by atoms with van der Waals surface area (Å²) in [5.41, 5.74) is 2.16. The Balaban J connectivity index is 2.23. The Morgan fingerprint density at radius 1 is 1.43 bits per heavy atom. The predicted molar refractivity (Wildman–Crippen MR) is 79.1 cm³/mol. The topological polar surface area (TPSA) is 107 Å². The van der Waals surface area contributed by atoms with Crippen molar-refractivity contribution in [2.45, 2.75) is 52.0 Å². The van der Waals surface area contributed by atoms with E-state index in [9.17, 15) is 9.59 Å². The smallest absolute Gasteiger partial charge is 0.326 e. The van der Waals surface area contributed by atoms with Crippen LogP contribution in [0.2, 0.25) is 0 Å².